The molecule has 0 bridgehead atoms. The predicted molar refractivity (Wildman–Crippen MR) is 116 cm³/mol. The molecule has 2 aliphatic heterocycles. The van der Waals surface area contributed by atoms with E-state index in [0.717, 1.165) is 5.56 Å². The molecule has 0 aliphatic carbocycles. The van der Waals surface area contributed by atoms with Gasteiger partial charge in [0, 0.05) is 49.6 Å². The molecule has 0 spiro atoms. The van der Waals surface area contributed by atoms with Crippen LogP contribution >= 0.6 is 0 Å². The summed E-state index contributed by atoms with van der Waals surface area (Å²) >= 11 is 0. The van der Waals surface area contributed by atoms with Gasteiger partial charge in [-0.05, 0) is 30.3 Å². The number of fused-ring (bicyclic) bond motifs is 5. The first-order valence-corrected chi connectivity index (χ1v) is 10.3. The maximum atomic E-state index is 13.3. The predicted octanol–water partition coefficient (Wildman–Crippen LogP) is 2.81. The molecule has 2 aromatic carbocycles. The van der Waals surface area contributed by atoms with Crippen LogP contribution in [0.3, 0.4) is 0 Å². The van der Waals surface area contributed by atoms with Crippen molar-refractivity contribution < 1.29 is 14.4 Å². The minimum Gasteiger partial charge on any atom is -0.354 e. The second-order valence-corrected chi connectivity index (χ2v) is 7.67. The Kier molecular flexibility index (Phi) is 4.78. The van der Waals surface area contributed by atoms with Crippen LogP contribution in [0.4, 0.5) is 5.69 Å². The molecule has 2 aliphatic rings. The molecule has 0 saturated heterocycles. The van der Waals surface area contributed by atoms with Gasteiger partial charge in [-0.15, -0.1) is 0 Å². The molecule has 3 amide bonds. The highest BCUT2D eigenvalue weighted by atomic mass is 16.2. The van der Waals surface area contributed by atoms with Gasteiger partial charge in [0.15, 0.2) is 0 Å². The van der Waals surface area contributed by atoms with Crippen LogP contribution in [0.1, 0.15) is 38.9 Å². The molecular formula is C24H22N4O3. The fraction of sp³-hybridized carbons (Fsp3) is 0.208. The molecule has 7 heteroatoms. The lowest BCUT2D eigenvalue weighted by Crippen LogP contribution is -2.49. The Hall–Kier alpha value is -3.87. The van der Waals surface area contributed by atoms with Crippen molar-refractivity contribution >= 4 is 23.4 Å². The third-order valence-electron chi connectivity index (χ3n) is 5.82. The normalized spacial score (nSPS) is 16.7. The van der Waals surface area contributed by atoms with Gasteiger partial charge in [0.1, 0.15) is 6.17 Å². The van der Waals surface area contributed by atoms with E-state index in [2.05, 4.69) is 5.32 Å². The number of carbonyl (C=O) groups is 3. The van der Waals surface area contributed by atoms with Crippen LogP contribution < -0.4 is 10.2 Å². The van der Waals surface area contributed by atoms with E-state index >= 15 is 0 Å². The average molecular weight is 414 g/mol. The second kappa shape index (κ2) is 7.75. The minimum absolute atomic E-state index is 0.122. The Morgan fingerprint density at radius 2 is 1.55 bits per heavy atom. The van der Waals surface area contributed by atoms with Gasteiger partial charge in [-0.2, -0.15) is 0 Å². The zero-order chi connectivity index (χ0) is 21.4. The van der Waals surface area contributed by atoms with E-state index in [4.69, 9.17) is 0 Å². The van der Waals surface area contributed by atoms with Crippen LogP contribution in [-0.2, 0) is 11.3 Å². The van der Waals surface area contributed by atoms with E-state index in [1.54, 1.807) is 34.1 Å². The van der Waals surface area contributed by atoms with E-state index < -0.39 is 6.17 Å². The van der Waals surface area contributed by atoms with Crippen molar-refractivity contribution in [1.29, 1.82) is 0 Å². The summed E-state index contributed by atoms with van der Waals surface area (Å²) in [7, 11) is 0. The molecule has 1 atom stereocenters. The van der Waals surface area contributed by atoms with Gasteiger partial charge in [0.2, 0.25) is 5.91 Å². The lowest BCUT2D eigenvalue weighted by molar-refractivity contribution is -0.121. The number of nitrogens with one attached hydrogen (secondary N) is 1. The number of anilines is 1. The van der Waals surface area contributed by atoms with Crippen molar-refractivity contribution in [2.45, 2.75) is 19.1 Å². The van der Waals surface area contributed by atoms with Crippen molar-refractivity contribution in [3.05, 3.63) is 89.7 Å². The maximum absolute atomic E-state index is 13.3. The monoisotopic (exact) mass is 414 g/mol. The highest BCUT2D eigenvalue weighted by Crippen LogP contribution is 2.45. The molecule has 1 aromatic heterocycles. The summed E-state index contributed by atoms with van der Waals surface area (Å²) in [6.45, 7) is 1.43. The van der Waals surface area contributed by atoms with Crippen molar-refractivity contribution in [3.8, 4) is 0 Å². The molecule has 3 aromatic rings. The molecule has 3 heterocycles. The molecule has 7 nitrogen and oxygen atoms in total. The number of benzene rings is 2. The van der Waals surface area contributed by atoms with E-state index in [0.29, 0.717) is 29.9 Å². The van der Waals surface area contributed by atoms with Crippen molar-refractivity contribution in [3.63, 3.8) is 0 Å². The molecular weight excluding hydrogens is 392 g/mol. The zero-order valence-electron chi connectivity index (χ0n) is 16.9. The lowest BCUT2D eigenvalue weighted by atomic mass is 10.0. The summed E-state index contributed by atoms with van der Waals surface area (Å²) in [6.07, 6.45) is 3.53. The summed E-state index contributed by atoms with van der Waals surface area (Å²) in [4.78, 5) is 42.2. The number of rotatable bonds is 6. The van der Waals surface area contributed by atoms with Crippen molar-refractivity contribution in [2.75, 3.05) is 18.0 Å². The topological polar surface area (TPSA) is 74.7 Å². The summed E-state index contributed by atoms with van der Waals surface area (Å²) in [6, 6.07) is 18.4. The average Bonchev–Trinajstić information content (AvgIpc) is 3.41. The van der Waals surface area contributed by atoms with Crippen molar-refractivity contribution in [2.24, 2.45) is 0 Å². The van der Waals surface area contributed by atoms with Crippen molar-refractivity contribution in [1.82, 2.24) is 14.8 Å². The van der Waals surface area contributed by atoms with Gasteiger partial charge in [0.25, 0.3) is 11.8 Å². The Bertz CT molecular complexity index is 1160. The highest BCUT2D eigenvalue weighted by Gasteiger charge is 2.47. The van der Waals surface area contributed by atoms with E-state index in [9.17, 15) is 14.4 Å². The van der Waals surface area contributed by atoms with Crippen LogP contribution in [0.25, 0.3) is 0 Å². The summed E-state index contributed by atoms with van der Waals surface area (Å²) in [5, 5.41) is 2.90. The largest absolute Gasteiger partial charge is 0.354 e. The van der Waals surface area contributed by atoms with Gasteiger partial charge in [-0.1, -0.05) is 30.3 Å². The van der Waals surface area contributed by atoms with E-state index in [-0.39, 0.29) is 30.7 Å². The number of hydrogen-bond donors (Lipinski definition) is 1. The second-order valence-electron chi connectivity index (χ2n) is 7.67. The summed E-state index contributed by atoms with van der Waals surface area (Å²) in [5.74, 6) is -0.411. The first-order chi connectivity index (χ1) is 15.1. The molecule has 156 valence electrons. The Morgan fingerprint density at radius 1 is 0.839 bits per heavy atom. The zero-order valence-corrected chi connectivity index (χ0v) is 16.9. The van der Waals surface area contributed by atoms with Gasteiger partial charge < -0.3 is 14.8 Å². The molecule has 0 saturated carbocycles. The first kappa shape index (κ1) is 19.1. The maximum Gasteiger partial charge on any atom is 0.260 e. The third kappa shape index (κ3) is 3.28. The van der Waals surface area contributed by atoms with Crippen LogP contribution in [-0.4, -0.2) is 40.3 Å². The van der Waals surface area contributed by atoms with Gasteiger partial charge in [0.05, 0.1) is 11.3 Å². The number of carbonyl (C=O) groups excluding carboxylic acids is 3. The number of para-hydroxylation sites is 1. The van der Waals surface area contributed by atoms with Crippen LogP contribution in [0.5, 0.6) is 0 Å². The number of nitrogens with zero attached hydrogens (tertiary/aromatic N) is 3. The highest BCUT2D eigenvalue weighted by molar-refractivity contribution is 6.16. The quantitative estimate of drug-likeness (QED) is 0.674. The Labute approximate surface area is 179 Å². The lowest BCUT2D eigenvalue weighted by Gasteiger charge is -2.40. The van der Waals surface area contributed by atoms with E-state index in [1.165, 1.54) is 0 Å². The van der Waals surface area contributed by atoms with Gasteiger partial charge in [-0.3, -0.25) is 19.3 Å². The van der Waals surface area contributed by atoms with Gasteiger partial charge in [-0.25, -0.2) is 0 Å². The Balaban J connectivity index is 1.36. The van der Waals surface area contributed by atoms with Gasteiger partial charge >= 0.3 is 0 Å². The standard InChI is InChI=1S/C24H22N4O3/c29-21(25-12-16-26-13-5-6-14-26)11-15-27-22-17-7-1-2-8-18(17)24(31)28(22)20-10-4-3-9-19(20)23(27)30/h1-10,13-14,22H,11-12,15-16H2,(H,25,29)/t22-/m1/s1. The molecule has 0 unspecified atom stereocenters. The van der Waals surface area contributed by atoms with E-state index in [1.807, 2.05) is 53.4 Å². The summed E-state index contributed by atoms with van der Waals surface area (Å²) in [5.41, 5.74) is 2.49. The summed E-state index contributed by atoms with van der Waals surface area (Å²) < 4.78 is 1.99. The molecule has 31 heavy (non-hydrogen) atoms. The fourth-order valence-electron chi connectivity index (χ4n) is 4.35. The van der Waals surface area contributed by atoms with Crippen LogP contribution in [0, 0.1) is 0 Å². The smallest absolute Gasteiger partial charge is 0.260 e. The number of amides is 3. The molecule has 1 N–H and O–H groups in total. The first-order valence-electron chi connectivity index (χ1n) is 10.3. The molecule has 0 fully saturated rings. The fourth-order valence-corrected chi connectivity index (χ4v) is 4.35. The molecule has 5 rings (SSSR count). The minimum atomic E-state index is -0.529. The van der Waals surface area contributed by atoms with Crippen LogP contribution in [0.15, 0.2) is 73.1 Å². The Morgan fingerprint density at radius 3 is 2.35 bits per heavy atom. The van der Waals surface area contributed by atoms with Crippen LogP contribution in [0.2, 0.25) is 0 Å². The SMILES string of the molecule is O=C(CCN1C(=O)c2ccccc2N2C(=O)c3ccccc3[C@H]12)NCCn1cccc1. The number of aromatic nitrogens is 1. The number of hydrogen-bond acceptors (Lipinski definition) is 3. The molecule has 0 radical (unpaired) electrons. The third-order valence-corrected chi connectivity index (χ3v) is 5.82.